The summed E-state index contributed by atoms with van der Waals surface area (Å²) in [5, 5.41) is 3.10. The molecule has 0 saturated heterocycles. The van der Waals surface area contributed by atoms with Gasteiger partial charge in [-0.25, -0.2) is 0 Å². The minimum absolute atomic E-state index is 0.00501. The van der Waals surface area contributed by atoms with E-state index in [1.807, 2.05) is 42.5 Å². The van der Waals surface area contributed by atoms with Crippen molar-refractivity contribution in [3.05, 3.63) is 65.5 Å². The Hall–Kier alpha value is -2.89. The van der Waals surface area contributed by atoms with E-state index in [4.69, 9.17) is 5.73 Å². The molecule has 1 heterocycles. The van der Waals surface area contributed by atoms with Gasteiger partial charge in [-0.15, -0.1) is 0 Å². The van der Waals surface area contributed by atoms with Gasteiger partial charge in [0.25, 0.3) is 5.91 Å². The highest BCUT2D eigenvalue weighted by atomic mass is 16.2. The normalized spacial score (nSPS) is 11.2. The van der Waals surface area contributed by atoms with Crippen LogP contribution in [0.5, 0.6) is 0 Å². The first-order chi connectivity index (χ1) is 12.1. The van der Waals surface area contributed by atoms with Crippen LogP contribution in [0.1, 0.15) is 21.6 Å². The SMILES string of the molecule is CN(C)C(=O)c1cccc(CCNC(N)=NCCc2ccccn2)c1. The number of benzene rings is 1. The molecule has 0 bridgehead atoms. The van der Waals surface area contributed by atoms with Gasteiger partial charge in [-0.1, -0.05) is 18.2 Å². The molecular weight excluding hydrogens is 314 g/mol. The second-order valence-corrected chi connectivity index (χ2v) is 5.91. The van der Waals surface area contributed by atoms with Crippen LogP contribution in [0.2, 0.25) is 0 Å². The third-order valence-electron chi connectivity index (χ3n) is 3.68. The molecule has 0 aliphatic carbocycles. The highest BCUT2D eigenvalue weighted by molar-refractivity contribution is 5.94. The third-order valence-corrected chi connectivity index (χ3v) is 3.68. The van der Waals surface area contributed by atoms with Crippen LogP contribution in [0.3, 0.4) is 0 Å². The molecule has 2 aromatic rings. The van der Waals surface area contributed by atoms with Gasteiger partial charge < -0.3 is 16.0 Å². The molecule has 1 aromatic heterocycles. The number of hydrogen-bond acceptors (Lipinski definition) is 3. The van der Waals surface area contributed by atoms with E-state index >= 15 is 0 Å². The number of amides is 1. The van der Waals surface area contributed by atoms with Crippen LogP contribution >= 0.6 is 0 Å². The average molecular weight is 339 g/mol. The Morgan fingerprint density at radius 1 is 1.20 bits per heavy atom. The zero-order valence-corrected chi connectivity index (χ0v) is 14.8. The molecule has 0 unspecified atom stereocenters. The minimum Gasteiger partial charge on any atom is -0.370 e. The average Bonchev–Trinajstić information content (AvgIpc) is 2.62. The third kappa shape index (κ3) is 6.25. The Balaban J connectivity index is 1.77. The van der Waals surface area contributed by atoms with Crippen molar-refractivity contribution in [2.45, 2.75) is 12.8 Å². The predicted octanol–water partition coefficient (Wildman–Crippen LogP) is 1.47. The lowest BCUT2D eigenvalue weighted by atomic mass is 10.1. The van der Waals surface area contributed by atoms with Gasteiger partial charge in [0, 0.05) is 51.1 Å². The summed E-state index contributed by atoms with van der Waals surface area (Å²) in [6, 6.07) is 13.5. The van der Waals surface area contributed by atoms with Crippen molar-refractivity contribution in [3.63, 3.8) is 0 Å². The smallest absolute Gasteiger partial charge is 0.253 e. The molecule has 3 N–H and O–H groups in total. The van der Waals surface area contributed by atoms with Crippen LogP contribution in [0.25, 0.3) is 0 Å². The number of hydrogen-bond donors (Lipinski definition) is 2. The molecule has 1 amide bonds. The van der Waals surface area contributed by atoms with Crippen molar-refractivity contribution >= 4 is 11.9 Å². The monoisotopic (exact) mass is 339 g/mol. The molecule has 0 radical (unpaired) electrons. The number of rotatable bonds is 7. The van der Waals surface area contributed by atoms with Gasteiger partial charge in [0.15, 0.2) is 5.96 Å². The maximum absolute atomic E-state index is 12.0. The molecule has 1 aromatic carbocycles. The molecule has 25 heavy (non-hydrogen) atoms. The summed E-state index contributed by atoms with van der Waals surface area (Å²) in [6.07, 6.45) is 3.30. The first-order valence-electron chi connectivity index (χ1n) is 8.30. The van der Waals surface area contributed by atoms with E-state index in [1.54, 1.807) is 25.2 Å². The highest BCUT2D eigenvalue weighted by Gasteiger charge is 2.07. The molecule has 0 aliphatic heterocycles. The number of aliphatic imine (C=N–C) groups is 1. The molecule has 6 heteroatoms. The Bertz CT molecular complexity index is 713. The van der Waals surface area contributed by atoms with E-state index in [9.17, 15) is 4.79 Å². The molecule has 132 valence electrons. The van der Waals surface area contributed by atoms with E-state index in [0.29, 0.717) is 24.6 Å². The van der Waals surface area contributed by atoms with E-state index in [1.165, 1.54) is 0 Å². The van der Waals surface area contributed by atoms with Gasteiger partial charge in [0.1, 0.15) is 0 Å². The number of nitrogens with one attached hydrogen (secondary N) is 1. The van der Waals surface area contributed by atoms with Crippen LogP contribution in [0.4, 0.5) is 0 Å². The quantitative estimate of drug-likeness (QED) is 0.591. The molecule has 0 aliphatic rings. The second kappa shape index (κ2) is 9.42. The number of carbonyl (C=O) groups excluding carboxylic acids is 1. The second-order valence-electron chi connectivity index (χ2n) is 5.91. The molecule has 0 atom stereocenters. The van der Waals surface area contributed by atoms with Crippen molar-refractivity contribution in [2.75, 3.05) is 27.2 Å². The number of nitrogens with zero attached hydrogens (tertiary/aromatic N) is 3. The minimum atomic E-state index is 0.00501. The largest absolute Gasteiger partial charge is 0.370 e. The number of pyridine rings is 1. The summed E-state index contributed by atoms with van der Waals surface area (Å²) >= 11 is 0. The lowest BCUT2D eigenvalue weighted by Gasteiger charge is -2.11. The van der Waals surface area contributed by atoms with E-state index < -0.39 is 0 Å². The van der Waals surface area contributed by atoms with Crippen molar-refractivity contribution in [2.24, 2.45) is 10.7 Å². The Morgan fingerprint density at radius 3 is 2.76 bits per heavy atom. The van der Waals surface area contributed by atoms with Gasteiger partial charge >= 0.3 is 0 Å². The number of aromatic nitrogens is 1. The van der Waals surface area contributed by atoms with Gasteiger partial charge in [0.05, 0.1) is 0 Å². The molecule has 6 nitrogen and oxygen atoms in total. The Kier molecular flexibility index (Phi) is 6.95. The molecular formula is C19H25N5O. The van der Waals surface area contributed by atoms with Gasteiger partial charge in [-0.2, -0.15) is 0 Å². The van der Waals surface area contributed by atoms with Crippen molar-refractivity contribution in [3.8, 4) is 0 Å². The molecule has 0 saturated carbocycles. The summed E-state index contributed by atoms with van der Waals surface area (Å²) in [7, 11) is 3.50. The number of guanidine groups is 1. The van der Waals surface area contributed by atoms with Crippen molar-refractivity contribution in [1.29, 1.82) is 0 Å². The van der Waals surface area contributed by atoms with Crippen molar-refractivity contribution < 1.29 is 4.79 Å². The van der Waals surface area contributed by atoms with E-state index in [-0.39, 0.29) is 5.91 Å². The van der Waals surface area contributed by atoms with Crippen LogP contribution in [0, 0.1) is 0 Å². The van der Waals surface area contributed by atoms with Gasteiger partial charge in [-0.3, -0.25) is 14.8 Å². The molecule has 0 fully saturated rings. The summed E-state index contributed by atoms with van der Waals surface area (Å²) in [6.45, 7) is 1.27. The predicted molar refractivity (Wildman–Crippen MR) is 101 cm³/mol. The Morgan fingerprint density at radius 2 is 2.04 bits per heavy atom. The summed E-state index contributed by atoms with van der Waals surface area (Å²) in [5.41, 5.74) is 8.66. The zero-order chi connectivity index (χ0) is 18.1. The molecule has 0 spiro atoms. The molecule has 2 rings (SSSR count). The van der Waals surface area contributed by atoms with Crippen LogP contribution < -0.4 is 11.1 Å². The summed E-state index contributed by atoms with van der Waals surface area (Å²) < 4.78 is 0. The lowest BCUT2D eigenvalue weighted by molar-refractivity contribution is 0.0827. The standard InChI is InChI=1S/C19H25N5O/c1-24(2)18(25)16-7-5-6-15(14-16)9-12-22-19(20)23-13-10-17-8-3-4-11-21-17/h3-8,11,14H,9-10,12-13H2,1-2H3,(H3,20,22,23). The lowest BCUT2D eigenvalue weighted by Crippen LogP contribution is -2.33. The van der Waals surface area contributed by atoms with Crippen LogP contribution in [-0.4, -0.2) is 48.9 Å². The fourth-order valence-electron chi connectivity index (χ4n) is 2.35. The number of carbonyl (C=O) groups is 1. The zero-order valence-electron chi connectivity index (χ0n) is 14.8. The Labute approximate surface area is 148 Å². The van der Waals surface area contributed by atoms with Crippen LogP contribution in [-0.2, 0) is 12.8 Å². The van der Waals surface area contributed by atoms with Gasteiger partial charge in [-0.05, 0) is 36.2 Å². The summed E-state index contributed by atoms with van der Waals surface area (Å²) in [4.78, 5) is 22.1. The maximum Gasteiger partial charge on any atom is 0.253 e. The topological polar surface area (TPSA) is 83.6 Å². The maximum atomic E-state index is 12.0. The first-order valence-corrected chi connectivity index (χ1v) is 8.30. The first kappa shape index (κ1) is 18.4. The number of nitrogens with two attached hydrogens (primary N) is 1. The van der Waals surface area contributed by atoms with E-state index in [2.05, 4.69) is 15.3 Å². The van der Waals surface area contributed by atoms with Crippen LogP contribution in [0.15, 0.2) is 53.7 Å². The van der Waals surface area contributed by atoms with E-state index in [0.717, 1.165) is 24.1 Å². The van der Waals surface area contributed by atoms with Gasteiger partial charge in [0.2, 0.25) is 0 Å². The fraction of sp³-hybridized carbons (Fsp3) is 0.316. The van der Waals surface area contributed by atoms with Crippen molar-refractivity contribution in [1.82, 2.24) is 15.2 Å². The highest BCUT2D eigenvalue weighted by Crippen LogP contribution is 2.07. The fourth-order valence-corrected chi connectivity index (χ4v) is 2.35. The summed E-state index contributed by atoms with van der Waals surface area (Å²) in [5.74, 6) is 0.432.